The maximum atomic E-state index is 10.4. The molecule has 274 valence electrons. The molecule has 0 aliphatic carbocycles. The molecular formula is C40H46N2NiO8. The number of unbranched alkanes of at least 4 members (excludes halogenated alkanes) is 4. The molecule has 11 heteroatoms. The molecule has 51 heavy (non-hydrogen) atoms. The number of hydrogen-bond donors (Lipinski definition) is 4. The third-order valence-electron chi connectivity index (χ3n) is 7.55. The smallest absolute Gasteiger partial charge is 0.545 e. The van der Waals surface area contributed by atoms with E-state index in [1.807, 2.05) is 36.4 Å². The van der Waals surface area contributed by atoms with Crippen LogP contribution in [0.5, 0.6) is 23.0 Å². The number of carbonyl (C=O) groups is 2. The van der Waals surface area contributed by atoms with Crippen molar-refractivity contribution in [2.45, 2.75) is 79.1 Å². The Bertz CT molecular complexity index is 1680. The van der Waals surface area contributed by atoms with E-state index in [0.29, 0.717) is 11.1 Å². The topological polar surface area (TPSA) is 186 Å². The first-order valence-corrected chi connectivity index (χ1v) is 16.6. The van der Waals surface area contributed by atoms with Gasteiger partial charge in [-0.3, -0.25) is 9.98 Å². The number of nitrogens with zero attached hydrogens (tertiary/aromatic N) is 2. The molecule has 4 aromatic rings. The van der Waals surface area contributed by atoms with Gasteiger partial charge >= 0.3 is 16.5 Å². The average molecular weight is 742 g/mol. The summed E-state index contributed by atoms with van der Waals surface area (Å²) in [5.41, 5.74) is 4.33. The van der Waals surface area contributed by atoms with Crippen molar-refractivity contribution in [1.29, 1.82) is 0 Å². The Morgan fingerprint density at radius 3 is 1.25 bits per heavy atom. The number of para-hydroxylation sites is 2. The van der Waals surface area contributed by atoms with E-state index in [0.717, 1.165) is 42.1 Å². The fourth-order valence-electron chi connectivity index (χ4n) is 4.79. The molecule has 0 saturated carbocycles. The number of carboxylic acids is 2. The molecule has 4 aromatic carbocycles. The number of benzene rings is 4. The summed E-state index contributed by atoms with van der Waals surface area (Å²) < 4.78 is 0. The van der Waals surface area contributed by atoms with Crippen molar-refractivity contribution in [3.8, 4) is 23.0 Å². The van der Waals surface area contributed by atoms with Gasteiger partial charge in [0, 0.05) is 11.1 Å². The summed E-state index contributed by atoms with van der Waals surface area (Å²) >= 11 is 0. The van der Waals surface area contributed by atoms with Crippen LogP contribution in [-0.2, 0) is 16.5 Å². The second-order valence-electron chi connectivity index (χ2n) is 11.5. The van der Waals surface area contributed by atoms with Gasteiger partial charge in [0.15, 0.2) is 23.0 Å². The molecular weight excluding hydrogens is 695 g/mol. The van der Waals surface area contributed by atoms with Crippen LogP contribution in [0, 0.1) is 13.8 Å². The van der Waals surface area contributed by atoms with Crippen molar-refractivity contribution in [3.63, 3.8) is 0 Å². The molecule has 0 bridgehead atoms. The van der Waals surface area contributed by atoms with Gasteiger partial charge < -0.3 is 40.2 Å². The number of aromatic hydroxyl groups is 4. The van der Waals surface area contributed by atoms with Crippen LogP contribution in [0.25, 0.3) is 0 Å². The van der Waals surface area contributed by atoms with E-state index in [1.54, 1.807) is 0 Å². The van der Waals surface area contributed by atoms with E-state index in [9.17, 15) is 19.8 Å². The number of hydrogen-bond acceptors (Lipinski definition) is 10. The number of aryl methyl sites for hydroxylation is 2. The van der Waals surface area contributed by atoms with E-state index < -0.39 is 34.9 Å². The minimum absolute atomic E-state index is 0. The number of phenolic OH excluding ortho intramolecular Hbond substituents is 2. The quantitative estimate of drug-likeness (QED) is 0.0478. The van der Waals surface area contributed by atoms with Crippen molar-refractivity contribution in [2.75, 3.05) is 0 Å². The van der Waals surface area contributed by atoms with E-state index >= 15 is 0 Å². The molecule has 0 fully saturated rings. The van der Waals surface area contributed by atoms with Gasteiger partial charge in [-0.15, -0.1) is 0 Å². The van der Waals surface area contributed by atoms with Crippen molar-refractivity contribution < 1.29 is 56.7 Å². The second-order valence-corrected chi connectivity index (χ2v) is 11.5. The van der Waals surface area contributed by atoms with Crippen molar-refractivity contribution >= 4 is 34.7 Å². The second kappa shape index (κ2) is 23.3. The maximum Gasteiger partial charge on any atom is 2.00 e. The minimum atomic E-state index is -1.50. The summed E-state index contributed by atoms with van der Waals surface area (Å²) in [7, 11) is 0. The standard InChI is InChI=1S/C24H32N2.2C8H8O4.Ni/c1-3-5-7-14-20-24(26-22-17-12-9-13-18-22)23(19-6-4-2)25-21-15-10-8-11-16-21;2*1-4-2-3-5(9)7(10)6(4)8(11)12;/h8-13,15-18H,3-7,14,19-20H2,1-2H3;2*2-3,9-10H,1H3,(H,11,12);/q;;;+2/p-2. The Morgan fingerprint density at radius 2 is 0.922 bits per heavy atom. The molecule has 0 amide bonds. The van der Waals surface area contributed by atoms with E-state index in [-0.39, 0.29) is 27.6 Å². The van der Waals surface area contributed by atoms with Gasteiger partial charge in [-0.1, -0.05) is 88.1 Å². The van der Waals surface area contributed by atoms with E-state index in [2.05, 4.69) is 38.1 Å². The zero-order valence-corrected chi connectivity index (χ0v) is 30.4. The Morgan fingerprint density at radius 1 is 0.549 bits per heavy atom. The van der Waals surface area contributed by atoms with Gasteiger partial charge in [0.1, 0.15) is 0 Å². The van der Waals surface area contributed by atoms with Crippen LogP contribution in [-0.4, -0.2) is 43.8 Å². The fourth-order valence-corrected chi connectivity index (χ4v) is 4.79. The van der Waals surface area contributed by atoms with E-state index in [1.165, 1.54) is 70.2 Å². The van der Waals surface area contributed by atoms with Crippen LogP contribution in [0.15, 0.2) is 94.9 Å². The molecule has 0 spiro atoms. The van der Waals surface area contributed by atoms with Crippen LogP contribution in [0.2, 0.25) is 0 Å². The normalized spacial score (nSPS) is 10.9. The predicted octanol–water partition coefficient (Wildman–Crippen LogP) is 7.23. The van der Waals surface area contributed by atoms with Gasteiger partial charge in [-0.2, -0.15) is 0 Å². The van der Waals surface area contributed by atoms with Gasteiger partial charge in [-0.05, 0) is 87.1 Å². The number of aromatic carboxylic acids is 2. The first kappa shape index (κ1) is 43.9. The molecule has 0 aromatic heterocycles. The van der Waals surface area contributed by atoms with Gasteiger partial charge in [-0.25, -0.2) is 0 Å². The third-order valence-corrected chi connectivity index (χ3v) is 7.55. The minimum Gasteiger partial charge on any atom is -0.545 e. The molecule has 0 unspecified atom stereocenters. The summed E-state index contributed by atoms with van der Waals surface area (Å²) in [5.74, 6) is -5.20. The number of phenols is 4. The molecule has 4 N–H and O–H groups in total. The summed E-state index contributed by atoms with van der Waals surface area (Å²) in [6.07, 6.45) is 9.30. The van der Waals surface area contributed by atoms with Crippen molar-refractivity contribution in [3.05, 3.63) is 107 Å². The van der Waals surface area contributed by atoms with Crippen LogP contribution in [0.1, 0.15) is 97.1 Å². The molecule has 0 heterocycles. The Hall–Kier alpha value is -5.15. The zero-order chi connectivity index (χ0) is 37.1. The summed E-state index contributed by atoms with van der Waals surface area (Å²) in [4.78, 5) is 30.8. The number of rotatable bonds is 13. The third kappa shape index (κ3) is 14.7. The fraction of sp³-hybridized carbons (Fsp3) is 0.300. The first-order chi connectivity index (χ1) is 23.9. The number of aliphatic imine (C=N–C) groups is 2. The molecule has 0 aliphatic rings. The van der Waals surface area contributed by atoms with Gasteiger partial charge in [0.25, 0.3) is 0 Å². The largest absolute Gasteiger partial charge is 2.00 e. The summed E-state index contributed by atoms with van der Waals surface area (Å²) in [6, 6.07) is 25.8. The van der Waals surface area contributed by atoms with Gasteiger partial charge in [0.05, 0.1) is 34.7 Å². The Balaban J connectivity index is 0.000000432. The molecule has 0 radical (unpaired) electrons. The Kier molecular flexibility index (Phi) is 20.0. The zero-order valence-electron chi connectivity index (χ0n) is 29.4. The predicted molar refractivity (Wildman–Crippen MR) is 193 cm³/mol. The summed E-state index contributed by atoms with van der Waals surface area (Å²) in [6.45, 7) is 7.49. The summed E-state index contributed by atoms with van der Waals surface area (Å²) in [5, 5.41) is 56.8. The van der Waals surface area contributed by atoms with Crippen LogP contribution >= 0.6 is 0 Å². The van der Waals surface area contributed by atoms with Crippen LogP contribution in [0.4, 0.5) is 11.4 Å². The molecule has 0 aliphatic heterocycles. The van der Waals surface area contributed by atoms with Crippen molar-refractivity contribution in [1.82, 2.24) is 0 Å². The van der Waals surface area contributed by atoms with Gasteiger partial charge in [0.2, 0.25) is 0 Å². The Labute approximate surface area is 309 Å². The molecule has 0 atom stereocenters. The van der Waals surface area contributed by atoms with Crippen LogP contribution < -0.4 is 10.2 Å². The average Bonchev–Trinajstić information content (AvgIpc) is 3.09. The maximum absolute atomic E-state index is 10.4. The SMILES string of the molecule is CCCCCCC(=Nc1ccccc1)C(CCCC)=Nc1ccccc1.Cc1ccc(O)c(O)c1C(=O)[O-].Cc1ccc(O)c(O)c1C(=O)[O-].[Ni+2]. The number of carbonyl (C=O) groups excluding carboxylic acids is 2. The first-order valence-electron chi connectivity index (χ1n) is 16.6. The van der Waals surface area contributed by atoms with Crippen molar-refractivity contribution in [2.24, 2.45) is 9.98 Å². The van der Waals surface area contributed by atoms with E-state index in [4.69, 9.17) is 30.4 Å². The molecule has 4 rings (SSSR count). The molecule has 0 saturated heterocycles. The number of carboxylic acid groups (broad SMARTS) is 2. The monoisotopic (exact) mass is 740 g/mol. The molecule has 10 nitrogen and oxygen atoms in total. The van der Waals surface area contributed by atoms with Crippen LogP contribution in [0.3, 0.4) is 0 Å².